The molecule has 0 radical (unpaired) electrons. The predicted octanol–water partition coefficient (Wildman–Crippen LogP) is 3.11. The zero-order valence-corrected chi connectivity index (χ0v) is 11.2. The molecule has 0 saturated heterocycles. The third kappa shape index (κ3) is 2.89. The van der Waals surface area contributed by atoms with Crippen molar-refractivity contribution in [2.24, 2.45) is 5.73 Å². The second-order valence-electron chi connectivity index (χ2n) is 5.09. The lowest BCUT2D eigenvalue weighted by atomic mass is 9.98. The molecule has 3 nitrogen and oxygen atoms in total. The van der Waals surface area contributed by atoms with Gasteiger partial charge in [0.25, 0.3) is 0 Å². The van der Waals surface area contributed by atoms with Crippen LogP contribution in [-0.4, -0.2) is 11.9 Å². The molecular weight excluding hydrogens is 250 g/mol. The monoisotopic (exact) mass is 267 g/mol. The molecule has 0 heterocycles. The van der Waals surface area contributed by atoms with Gasteiger partial charge in [0.05, 0.1) is 12.1 Å². The number of carbonyl (C=O) groups excluding carboxylic acids is 1. The minimum absolute atomic E-state index is 0.0748. The number of benzene rings is 2. The van der Waals surface area contributed by atoms with Gasteiger partial charge in [-0.15, -0.1) is 0 Å². The molecular formula is C17H17NO2. The third-order valence-electron chi connectivity index (χ3n) is 3.41. The fraction of sp³-hybridized carbons (Fsp3) is 0.235. The molecule has 2 aromatic rings. The van der Waals surface area contributed by atoms with Gasteiger partial charge in [0, 0.05) is 5.56 Å². The van der Waals surface area contributed by atoms with E-state index in [9.17, 15) is 4.79 Å². The van der Waals surface area contributed by atoms with Crippen LogP contribution in [0.3, 0.4) is 0 Å². The first-order valence-corrected chi connectivity index (χ1v) is 6.85. The maximum Gasteiger partial charge on any atom is 0.184 e. The second kappa shape index (κ2) is 5.47. The van der Waals surface area contributed by atoms with Gasteiger partial charge in [-0.2, -0.15) is 0 Å². The van der Waals surface area contributed by atoms with Crippen molar-refractivity contribution in [1.29, 1.82) is 0 Å². The minimum Gasteiger partial charge on any atom is -0.490 e. The fourth-order valence-electron chi connectivity index (χ4n) is 2.07. The van der Waals surface area contributed by atoms with Crippen molar-refractivity contribution in [3.05, 3.63) is 65.7 Å². The maximum atomic E-state index is 12.3. The van der Waals surface area contributed by atoms with E-state index in [1.54, 1.807) is 12.1 Å². The molecule has 0 aromatic heterocycles. The van der Waals surface area contributed by atoms with E-state index in [0.717, 1.165) is 24.2 Å². The van der Waals surface area contributed by atoms with Crippen LogP contribution < -0.4 is 10.5 Å². The molecule has 0 bridgehead atoms. The summed E-state index contributed by atoms with van der Waals surface area (Å²) < 4.78 is 5.66. The Kier molecular flexibility index (Phi) is 3.52. The summed E-state index contributed by atoms with van der Waals surface area (Å²) in [5.41, 5.74) is 7.46. The highest BCUT2D eigenvalue weighted by Gasteiger charge is 2.23. The van der Waals surface area contributed by atoms with Crippen LogP contribution in [0.4, 0.5) is 0 Å². The highest BCUT2D eigenvalue weighted by molar-refractivity contribution is 6.00. The van der Waals surface area contributed by atoms with Crippen LogP contribution in [0.2, 0.25) is 0 Å². The van der Waals surface area contributed by atoms with Crippen LogP contribution in [0.25, 0.3) is 0 Å². The van der Waals surface area contributed by atoms with Crippen LogP contribution >= 0.6 is 0 Å². The molecule has 2 aromatic carbocycles. The number of rotatable bonds is 5. The highest BCUT2D eigenvalue weighted by atomic mass is 16.5. The number of ether oxygens (including phenoxy) is 1. The van der Waals surface area contributed by atoms with E-state index in [1.165, 1.54) is 0 Å². The van der Waals surface area contributed by atoms with E-state index in [1.807, 2.05) is 42.5 Å². The first kappa shape index (κ1) is 12.9. The fourth-order valence-corrected chi connectivity index (χ4v) is 2.07. The number of hydrogen-bond donors (Lipinski definition) is 1. The summed E-state index contributed by atoms with van der Waals surface area (Å²) in [5.74, 6) is 0.742. The number of carbonyl (C=O) groups is 1. The van der Waals surface area contributed by atoms with Crippen LogP contribution in [0.1, 0.15) is 34.8 Å². The molecule has 3 rings (SSSR count). The zero-order chi connectivity index (χ0) is 13.9. The molecule has 0 unspecified atom stereocenters. The van der Waals surface area contributed by atoms with Crippen molar-refractivity contribution >= 4 is 5.78 Å². The molecule has 2 N–H and O–H groups in total. The summed E-state index contributed by atoms with van der Waals surface area (Å²) in [7, 11) is 0. The molecule has 1 aliphatic rings. The highest BCUT2D eigenvalue weighted by Crippen LogP contribution is 2.27. The van der Waals surface area contributed by atoms with Crippen molar-refractivity contribution in [2.75, 3.05) is 0 Å². The quantitative estimate of drug-likeness (QED) is 0.847. The summed E-state index contributed by atoms with van der Waals surface area (Å²) in [6.07, 6.45) is 2.61. The molecule has 1 fully saturated rings. The van der Waals surface area contributed by atoms with E-state index in [4.69, 9.17) is 10.5 Å². The van der Waals surface area contributed by atoms with E-state index in [0.29, 0.717) is 11.7 Å². The molecule has 1 saturated carbocycles. The Morgan fingerprint density at radius 2 is 1.70 bits per heavy atom. The van der Waals surface area contributed by atoms with Crippen LogP contribution in [0.15, 0.2) is 54.6 Å². The molecule has 3 heteroatoms. The van der Waals surface area contributed by atoms with E-state index in [-0.39, 0.29) is 5.78 Å². The largest absolute Gasteiger partial charge is 0.490 e. The van der Waals surface area contributed by atoms with Gasteiger partial charge in [0.2, 0.25) is 0 Å². The minimum atomic E-state index is -0.619. The van der Waals surface area contributed by atoms with Gasteiger partial charge in [-0.05, 0) is 42.7 Å². The Balaban J connectivity index is 1.72. The van der Waals surface area contributed by atoms with Gasteiger partial charge in [-0.1, -0.05) is 30.3 Å². The van der Waals surface area contributed by atoms with Gasteiger partial charge in [0.15, 0.2) is 5.78 Å². The molecule has 20 heavy (non-hydrogen) atoms. The van der Waals surface area contributed by atoms with Gasteiger partial charge in [-0.3, -0.25) is 4.79 Å². The smallest absolute Gasteiger partial charge is 0.184 e. The normalized spacial score (nSPS) is 15.7. The number of hydrogen-bond acceptors (Lipinski definition) is 3. The number of Topliss-reactive ketones (excluding diaryl/α,β-unsaturated/α-hetero) is 1. The van der Waals surface area contributed by atoms with Crippen molar-refractivity contribution in [2.45, 2.75) is 25.0 Å². The van der Waals surface area contributed by atoms with Gasteiger partial charge in [-0.25, -0.2) is 0 Å². The standard InChI is InChI=1S/C17H17NO2/c18-16(12-4-2-1-3-5-12)17(19)13-6-8-14(9-7-13)20-15-10-11-15/h1-9,15-16H,10-11,18H2/t16-/m1/s1. The van der Waals surface area contributed by atoms with Crippen molar-refractivity contribution < 1.29 is 9.53 Å². The van der Waals surface area contributed by atoms with Crippen molar-refractivity contribution in [1.82, 2.24) is 0 Å². The molecule has 1 atom stereocenters. The summed E-state index contributed by atoms with van der Waals surface area (Å²) >= 11 is 0. The Labute approximate surface area is 118 Å². The predicted molar refractivity (Wildman–Crippen MR) is 77.8 cm³/mol. The first-order chi connectivity index (χ1) is 9.74. The Bertz CT molecular complexity index is 588. The average Bonchev–Trinajstić information content (AvgIpc) is 3.31. The molecule has 0 spiro atoms. The SMILES string of the molecule is N[C@@H](C(=O)c1ccc(OC2CC2)cc1)c1ccccc1. The van der Waals surface area contributed by atoms with Crippen molar-refractivity contribution in [3.8, 4) is 5.75 Å². The van der Waals surface area contributed by atoms with Crippen LogP contribution in [-0.2, 0) is 0 Å². The maximum absolute atomic E-state index is 12.3. The van der Waals surface area contributed by atoms with Crippen LogP contribution in [0, 0.1) is 0 Å². The summed E-state index contributed by atoms with van der Waals surface area (Å²) in [4.78, 5) is 12.3. The summed E-state index contributed by atoms with van der Waals surface area (Å²) in [5, 5.41) is 0. The first-order valence-electron chi connectivity index (χ1n) is 6.85. The van der Waals surface area contributed by atoms with Gasteiger partial charge in [0.1, 0.15) is 5.75 Å². The topological polar surface area (TPSA) is 52.3 Å². The van der Waals surface area contributed by atoms with Crippen LogP contribution in [0.5, 0.6) is 5.75 Å². The third-order valence-corrected chi connectivity index (χ3v) is 3.41. The van der Waals surface area contributed by atoms with Gasteiger partial charge >= 0.3 is 0 Å². The molecule has 1 aliphatic carbocycles. The van der Waals surface area contributed by atoms with E-state index < -0.39 is 6.04 Å². The second-order valence-corrected chi connectivity index (χ2v) is 5.09. The summed E-state index contributed by atoms with van der Waals surface area (Å²) in [6, 6.07) is 16.0. The van der Waals surface area contributed by atoms with E-state index in [2.05, 4.69) is 0 Å². The van der Waals surface area contributed by atoms with Crippen molar-refractivity contribution in [3.63, 3.8) is 0 Å². The lowest BCUT2D eigenvalue weighted by molar-refractivity contribution is 0.0961. The lowest BCUT2D eigenvalue weighted by Crippen LogP contribution is -2.21. The summed E-state index contributed by atoms with van der Waals surface area (Å²) in [6.45, 7) is 0. The Hall–Kier alpha value is -2.13. The molecule has 0 aliphatic heterocycles. The molecule has 0 amide bonds. The zero-order valence-electron chi connectivity index (χ0n) is 11.2. The lowest BCUT2D eigenvalue weighted by Gasteiger charge is -2.11. The Morgan fingerprint density at radius 1 is 1.05 bits per heavy atom. The van der Waals surface area contributed by atoms with E-state index >= 15 is 0 Å². The number of ketones is 1. The average molecular weight is 267 g/mol. The molecule has 102 valence electrons. The van der Waals surface area contributed by atoms with Gasteiger partial charge < -0.3 is 10.5 Å². The Morgan fingerprint density at radius 3 is 2.30 bits per heavy atom. The number of nitrogens with two attached hydrogens (primary N) is 1.